The van der Waals surface area contributed by atoms with E-state index < -0.39 is 10.8 Å². The Morgan fingerprint density at radius 1 is 1.52 bits per heavy atom. The molecule has 0 aliphatic carbocycles. The van der Waals surface area contributed by atoms with Gasteiger partial charge in [-0.1, -0.05) is 0 Å². The van der Waals surface area contributed by atoms with Gasteiger partial charge in [0.2, 0.25) is 0 Å². The van der Waals surface area contributed by atoms with Gasteiger partial charge in [-0.3, -0.25) is 25.4 Å². The Hall–Kier alpha value is -2.94. The lowest BCUT2D eigenvalue weighted by Gasteiger charge is -2.06. The molecule has 0 fully saturated rings. The van der Waals surface area contributed by atoms with Crippen molar-refractivity contribution in [3.8, 4) is 0 Å². The summed E-state index contributed by atoms with van der Waals surface area (Å²) in [7, 11) is 0. The van der Waals surface area contributed by atoms with E-state index in [4.69, 9.17) is 5.84 Å². The van der Waals surface area contributed by atoms with Gasteiger partial charge in [-0.15, -0.1) is 0 Å². The van der Waals surface area contributed by atoms with Crippen LogP contribution in [0.5, 0.6) is 0 Å². The number of aryl methyl sites for hydroxylation is 1. The molecule has 1 heterocycles. The van der Waals surface area contributed by atoms with E-state index in [9.17, 15) is 14.9 Å². The van der Waals surface area contributed by atoms with Crippen molar-refractivity contribution in [1.82, 2.24) is 9.78 Å². The highest BCUT2D eigenvalue weighted by Gasteiger charge is 2.16. The number of rotatable bonds is 5. The molecule has 4 N–H and O–H groups in total. The summed E-state index contributed by atoms with van der Waals surface area (Å²) in [6.45, 7) is 2.61. The number of carbonyl (C=O) groups excluding carboxylic acids is 1. The number of carbonyl (C=O) groups is 1. The molecule has 110 valence electrons. The van der Waals surface area contributed by atoms with Gasteiger partial charge in [0, 0.05) is 24.4 Å². The molecule has 2 aromatic rings. The van der Waals surface area contributed by atoms with Crippen LogP contribution in [0.15, 0.2) is 30.6 Å². The average Bonchev–Trinajstić information content (AvgIpc) is 2.93. The number of hydrogen-bond acceptors (Lipinski definition) is 6. The van der Waals surface area contributed by atoms with Crippen molar-refractivity contribution >= 4 is 23.0 Å². The lowest BCUT2D eigenvalue weighted by atomic mass is 10.1. The molecule has 0 radical (unpaired) electrons. The summed E-state index contributed by atoms with van der Waals surface area (Å²) in [5.41, 5.74) is 2.87. The van der Waals surface area contributed by atoms with E-state index in [-0.39, 0.29) is 16.9 Å². The minimum absolute atomic E-state index is 0.0666. The van der Waals surface area contributed by atoms with Crippen LogP contribution in [0.1, 0.15) is 17.3 Å². The van der Waals surface area contributed by atoms with Gasteiger partial charge in [0.15, 0.2) is 0 Å². The average molecular weight is 290 g/mol. The fourth-order valence-electron chi connectivity index (χ4n) is 1.76. The summed E-state index contributed by atoms with van der Waals surface area (Å²) in [4.78, 5) is 22.3. The number of nitrogens with one attached hydrogen (secondary N) is 2. The number of nitrogens with two attached hydrogens (primary N) is 1. The van der Waals surface area contributed by atoms with Crippen LogP contribution in [0.3, 0.4) is 0 Å². The number of hydrogen-bond donors (Lipinski definition) is 3. The summed E-state index contributed by atoms with van der Waals surface area (Å²) >= 11 is 0. The van der Waals surface area contributed by atoms with Crippen LogP contribution < -0.4 is 16.6 Å². The minimum Gasteiger partial charge on any atom is -0.319 e. The summed E-state index contributed by atoms with van der Waals surface area (Å²) < 4.78 is 1.66. The lowest BCUT2D eigenvalue weighted by Crippen LogP contribution is -2.14. The predicted molar refractivity (Wildman–Crippen MR) is 76.8 cm³/mol. The summed E-state index contributed by atoms with van der Waals surface area (Å²) in [6.07, 6.45) is 3.21. The first-order chi connectivity index (χ1) is 10.0. The number of hydrazine groups is 1. The Labute approximate surface area is 119 Å². The SMILES string of the molecule is CCn1cc(NC(=O)c2ccc([N+](=O)[O-])c(NN)c2)cn1. The number of aromatic nitrogens is 2. The van der Waals surface area contributed by atoms with E-state index in [2.05, 4.69) is 15.8 Å². The van der Waals surface area contributed by atoms with Gasteiger partial charge in [0.05, 0.1) is 16.8 Å². The van der Waals surface area contributed by atoms with Gasteiger partial charge in [-0.05, 0) is 19.1 Å². The largest absolute Gasteiger partial charge is 0.319 e. The zero-order valence-corrected chi connectivity index (χ0v) is 11.2. The van der Waals surface area contributed by atoms with Crippen LogP contribution in [-0.2, 0) is 6.54 Å². The Balaban J connectivity index is 2.21. The van der Waals surface area contributed by atoms with E-state index in [0.717, 1.165) is 0 Å². The summed E-state index contributed by atoms with van der Waals surface area (Å²) in [5.74, 6) is 4.83. The first-order valence-electron chi connectivity index (χ1n) is 6.14. The van der Waals surface area contributed by atoms with Crippen LogP contribution in [-0.4, -0.2) is 20.6 Å². The van der Waals surface area contributed by atoms with E-state index in [1.807, 2.05) is 6.92 Å². The van der Waals surface area contributed by atoms with Gasteiger partial charge in [0.1, 0.15) is 5.69 Å². The first-order valence-corrected chi connectivity index (χ1v) is 6.14. The second-order valence-electron chi connectivity index (χ2n) is 4.17. The minimum atomic E-state index is -0.581. The molecule has 0 aliphatic rings. The maximum absolute atomic E-state index is 12.1. The molecule has 0 saturated carbocycles. The molecule has 0 aliphatic heterocycles. The fourth-order valence-corrected chi connectivity index (χ4v) is 1.76. The van der Waals surface area contributed by atoms with Gasteiger partial charge in [0.25, 0.3) is 11.6 Å². The van der Waals surface area contributed by atoms with E-state index >= 15 is 0 Å². The highest BCUT2D eigenvalue weighted by Crippen LogP contribution is 2.24. The quantitative estimate of drug-likeness (QED) is 0.433. The molecule has 2 rings (SSSR count). The topological polar surface area (TPSA) is 128 Å². The Bertz CT molecular complexity index is 681. The fraction of sp³-hybridized carbons (Fsp3) is 0.167. The zero-order chi connectivity index (χ0) is 15.4. The third-order valence-electron chi connectivity index (χ3n) is 2.83. The predicted octanol–water partition coefficient (Wildman–Crippen LogP) is 1.35. The van der Waals surface area contributed by atoms with Crippen molar-refractivity contribution < 1.29 is 9.72 Å². The van der Waals surface area contributed by atoms with Crippen molar-refractivity contribution in [2.24, 2.45) is 5.84 Å². The number of nitro groups is 1. The Morgan fingerprint density at radius 2 is 2.29 bits per heavy atom. The van der Waals surface area contributed by atoms with Crippen LogP contribution in [0.2, 0.25) is 0 Å². The van der Waals surface area contributed by atoms with Gasteiger partial charge in [-0.2, -0.15) is 5.10 Å². The van der Waals surface area contributed by atoms with Crippen LogP contribution in [0, 0.1) is 10.1 Å². The molecule has 0 spiro atoms. The van der Waals surface area contributed by atoms with Crippen molar-refractivity contribution in [3.05, 3.63) is 46.3 Å². The molecule has 0 atom stereocenters. The van der Waals surface area contributed by atoms with E-state index in [0.29, 0.717) is 12.2 Å². The van der Waals surface area contributed by atoms with Gasteiger partial charge in [-0.25, -0.2) is 0 Å². The maximum atomic E-state index is 12.1. The number of nitrogens with zero attached hydrogens (tertiary/aromatic N) is 3. The summed E-state index contributed by atoms with van der Waals surface area (Å²) in [5, 5.41) is 17.5. The van der Waals surface area contributed by atoms with Crippen molar-refractivity contribution in [1.29, 1.82) is 0 Å². The number of nitrogen functional groups attached to an aromatic ring is 1. The lowest BCUT2D eigenvalue weighted by molar-refractivity contribution is -0.384. The number of nitro benzene ring substituents is 1. The molecule has 1 aromatic carbocycles. The number of benzene rings is 1. The molecule has 1 amide bonds. The molecular formula is C12H14N6O3. The van der Waals surface area contributed by atoms with Crippen LogP contribution >= 0.6 is 0 Å². The molecule has 21 heavy (non-hydrogen) atoms. The molecular weight excluding hydrogens is 276 g/mol. The van der Waals surface area contributed by atoms with E-state index in [1.54, 1.807) is 10.9 Å². The molecule has 0 bridgehead atoms. The van der Waals surface area contributed by atoms with Gasteiger partial charge < -0.3 is 10.7 Å². The molecule has 0 unspecified atom stereocenters. The highest BCUT2D eigenvalue weighted by molar-refractivity contribution is 6.05. The van der Waals surface area contributed by atoms with Gasteiger partial charge >= 0.3 is 0 Å². The maximum Gasteiger partial charge on any atom is 0.293 e. The standard InChI is InChI=1S/C12H14N6O3/c1-2-17-7-9(6-14-17)15-12(19)8-3-4-11(18(20)21)10(5-8)16-13/h3-7,16H,2,13H2,1H3,(H,15,19). The summed E-state index contributed by atoms with van der Waals surface area (Å²) in [6, 6.07) is 3.90. The monoisotopic (exact) mass is 290 g/mol. The van der Waals surface area contributed by atoms with Crippen LogP contribution in [0.25, 0.3) is 0 Å². The van der Waals surface area contributed by atoms with Crippen molar-refractivity contribution in [2.45, 2.75) is 13.5 Å². The smallest absolute Gasteiger partial charge is 0.293 e. The molecule has 1 aromatic heterocycles. The highest BCUT2D eigenvalue weighted by atomic mass is 16.6. The zero-order valence-electron chi connectivity index (χ0n) is 11.2. The third-order valence-corrected chi connectivity index (χ3v) is 2.83. The Morgan fingerprint density at radius 3 is 2.86 bits per heavy atom. The molecule has 9 heteroatoms. The second-order valence-corrected chi connectivity index (χ2v) is 4.17. The van der Waals surface area contributed by atoms with Crippen LogP contribution in [0.4, 0.5) is 17.1 Å². The van der Waals surface area contributed by atoms with Crippen molar-refractivity contribution in [2.75, 3.05) is 10.7 Å². The second kappa shape index (κ2) is 6.01. The number of amides is 1. The van der Waals surface area contributed by atoms with E-state index in [1.165, 1.54) is 24.4 Å². The molecule has 0 saturated heterocycles. The Kier molecular flexibility index (Phi) is 4.14. The third kappa shape index (κ3) is 3.15. The van der Waals surface area contributed by atoms with Crippen molar-refractivity contribution in [3.63, 3.8) is 0 Å². The first kappa shape index (κ1) is 14.5. The normalized spacial score (nSPS) is 10.2. The molecule has 9 nitrogen and oxygen atoms in total. The number of anilines is 2.